The van der Waals surface area contributed by atoms with Gasteiger partial charge in [0.05, 0.1) is 18.8 Å². The van der Waals surface area contributed by atoms with E-state index < -0.39 is 37.1 Å². The molecule has 21 heavy (non-hydrogen) atoms. The minimum absolute atomic E-state index is 0.310. The number of carbonyl (C=O) groups excluding carboxylic acids is 1. The Morgan fingerprint density at radius 1 is 1.19 bits per heavy atom. The third kappa shape index (κ3) is 3.79. The summed E-state index contributed by atoms with van der Waals surface area (Å²) in [5, 5.41) is 32.0. The van der Waals surface area contributed by atoms with Crippen molar-refractivity contribution >= 4 is 5.91 Å². The number of benzene rings is 1. The summed E-state index contributed by atoms with van der Waals surface area (Å²) in [5.41, 5.74) is 0.984. The van der Waals surface area contributed by atoms with Gasteiger partial charge in [-0.1, -0.05) is 30.3 Å². The Kier molecular flexibility index (Phi) is 5.30. The first kappa shape index (κ1) is 15.9. The zero-order chi connectivity index (χ0) is 15.4. The molecule has 1 saturated heterocycles. The lowest BCUT2D eigenvalue weighted by Crippen LogP contribution is -2.64. The van der Waals surface area contributed by atoms with E-state index in [-0.39, 0.29) is 5.91 Å². The Labute approximate surface area is 123 Å². The number of hydrogen-bond acceptors (Lipinski definition) is 5. The number of hydrogen-bond donors (Lipinski definition) is 4. The van der Waals surface area contributed by atoms with Crippen LogP contribution in [0.15, 0.2) is 30.3 Å². The highest BCUT2D eigenvalue weighted by atomic mass is 16.5. The first-order valence-corrected chi connectivity index (χ1v) is 6.96. The highest BCUT2D eigenvalue weighted by Crippen LogP contribution is 2.24. The molecule has 0 saturated carbocycles. The summed E-state index contributed by atoms with van der Waals surface area (Å²) in [6.45, 7) is 0.952. The van der Waals surface area contributed by atoms with E-state index in [2.05, 4.69) is 5.32 Å². The summed E-state index contributed by atoms with van der Waals surface area (Å²) in [4.78, 5) is 11.3. The molecule has 1 aromatic carbocycles. The molecule has 1 aromatic rings. The first-order chi connectivity index (χ1) is 10.0. The quantitative estimate of drug-likeness (QED) is 0.584. The van der Waals surface area contributed by atoms with E-state index in [1.165, 1.54) is 6.92 Å². The summed E-state index contributed by atoms with van der Waals surface area (Å²) in [6, 6.07) is 8.78. The average molecular weight is 295 g/mol. The van der Waals surface area contributed by atoms with Crippen LogP contribution in [-0.4, -0.2) is 58.3 Å². The van der Waals surface area contributed by atoms with Gasteiger partial charge in [0.15, 0.2) is 0 Å². The van der Waals surface area contributed by atoms with Crippen LogP contribution in [-0.2, 0) is 16.0 Å². The normalized spacial score (nSPS) is 32.7. The molecular formula is C15H21NO5. The fourth-order valence-corrected chi connectivity index (χ4v) is 2.63. The second-order valence-electron chi connectivity index (χ2n) is 5.29. The van der Waals surface area contributed by atoms with Crippen molar-refractivity contribution in [2.24, 2.45) is 0 Å². The number of aliphatic hydroxyl groups is 3. The van der Waals surface area contributed by atoms with E-state index in [0.29, 0.717) is 6.42 Å². The van der Waals surface area contributed by atoms with Gasteiger partial charge in [-0.2, -0.15) is 0 Å². The molecule has 1 amide bonds. The molecule has 1 aliphatic heterocycles. The molecule has 6 heteroatoms. The summed E-state index contributed by atoms with van der Waals surface area (Å²) in [6.07, 6.45) is -3.34. The molecule has 116 valence electrons. The van der Waals surface area contributed by atoms with Gasteiger partial charge in [-0.05, 0) is 5.56 Å². The van der Waals surface area contributed by atoms with Gasteiger partial charge in [0.2, 0.25) is 5.91 Å². The molecule has 0 radical (unpaired) electrons. The molecule has 0 bridgehead atoms. The molecule has 2 unspecified atom stereocenters. The van der Waals surface area contributed by atoms with Crippen molar-refractivity contribution in [1.29, 1.82) is 0 Å². The van der Waals surface area contributed by atoms with Gasteiger partial charge < -0.3 is 25.4 Å². The molecule has 0 aliphatic carbocycles. The van der Waals surface area contributed by atoms with E-state index in [9.17, 15) is 20.1 Å². The van der Waals surface area contributed by atoms with E-state index in [1.54, 1.807) is 0 Å². The Hall–Kier alpha value is -1.47. The number of amides is 1. The maximum atomic E-state index is 11.3. The Balaban J connectivity index is 2.18. The molecular weight excluding hydrogens is 274 g/mol. The Bertz CT molecular complexity index is 466. The van der Waals surface area contributed by atoms with Gasteiger partial charge in [0.1, 0.15) is 18.3 Å². The molecule has 0 spiro atoms. The number of nitrogens with one attached hydrogen (secondary N) is 1. The molecule has 2 rings (SSSR count). The molecule has 6 nitrogen and oxygen atoms in total. The fourth-order valence-electron chi connectivity index (χ4n) is 2.63. The first-order valence-electron chi connectivity index (χ1n) is 6.96. The molecule has 0 aromatic heterocycles. The summed E-state index contributed by atoms with van der Waals surface area (Å²) in [5.74, 6) is -0.310. The lowest BCUT2D eigenvalue weighted by atomic mass is 9.89. The lowest BCUT2D eigenvalue weighted by Gasteiger charge is -2.42. The summed E-state index contributed by atoms with van der Waals surface area (Å²) >= 11 is 0. The van der Waals surface area contributed by atoms with Gasteiger partial charge >= 0.3 is 0 Å². The maximum absolute atomic E-state index is 11.3. The van der Waals surface area contributed by atoms with Crippen LogP contribution in [0.5, 0.6) is 0 Å². The van der Waals surface area contributed by atoms with Crippen molar-refractivity contribution in [2.75, 3.05) is 6.61 Å². The Morgan fingerprint density at radius 2 is 1.86 bits per heavy atom. The van der Waals surface area contributed by atoms with Gasteiger partial charge in [-0.15, -0.1) is 0 Å². The monoisotopic (exact) mass is 295 g/mol. The van der Waals surface area contributed by atoms with E-state index in [0.717, 1.165) is 5.56 Å². The van der Waals surface area contributed by atoms with Gasteiger partial charge in [-0.25, -0.2) is 0 Å². The van der Waals surface area contributed by atoms with Crippen LogP contribution >= 0.6 is 0 Å². The van der Waals surface area contributed by atoms with Crippen LogP contribution in [0.1, 0.15) is 12.5 Å². The largest absolute Gasteiger partial charge is 0.394 e. The molecule has 1 aliphatic rings. The lowest BCUT2D eigenvalue weighted by molar-refractivity contribution is -0.194. The number of aliphatic hydroxyl groups excluding tert-OH is 3. The van der Waals surface area contributed by atoms with Gasteiger partial charge in [0, 0.05) is 13.3 Å². The van der Waals surface area contributed by atoms with E-state index in [4.69, 9.17) is 4.74 Å². The number of rotatable bonds is 4. The highest BCUT2D eigenvalue weighted by Gasteiger charge is 2.44. The van der Waals surface area contributed by atoms with Crippen LogP contribution in [0.4, 0.5) is 0 Å². The zero-order valence-electron chi connectivity index (χ0n) is 11.8. The van der Waals surface area contributed by atoms with Crippen molar-refractivity contribution in [3.8, 4) is 0 Å². The predicted octanol–water partition coefficient (Wildman–Crippen LogP) is -0.785. The van der Waals surface area contributed by atoms with Crippen LogP contribution < -0.4 is 5.32 Å². The van der Waals surface area contributed by atoms with Crippen LogP contribution in [0.2, 0.25) is 0 Å². The van der Waals surface area contributed by atoms with Crippen LogP contribution in [0.3, 0.4) is 0 Å². The Morgan fingerprint density at radius 3 is 2.43 bits per heavy atom. The zero-order valence-corrected chi connectivity index (χ0v) is 11.8. The molecule has 1 heterocycles. The van der Waals surface area contributed by atoms with Crippen molar-refractivity contribution in [1.82, 2.24) is 5.32 Å². The van der Waals surface area contributed by atoms with Crippen molar-refractivity contribution < 1.29 is 24.9 Å². The summed E-state index contributed by atoms with van der Waals surface area (Å²) in [7, 11) is 0. The molecule has 5 atom stereocenters. The van der Waals surface area contributed by atoms with Crippen molar-refractivity contribution in [3.05, 3.63) is 35.9 Å². The van der Waals surface area contributed by atoms with Gasteiger partial charge in [0.25, 0.3) is 0 Å². The predicted molar refractivity (Wildman–Crippen MR) is 75.5 cm³/mol. The average Bonchev–Trinajstić information content (AvgIpc) is 2.47. The highest BCUT2D eigenvalue weighted by molar-refractivity contribution is 5.73. The number of carbonyl (C=O) groups is 1. The van der Waals surface area contributed by atoms with Crippen LogP contribution in [0, 0.1) is 0 Å². The maximum Gasteiger partial charge on any atom is 0.217 e. The van der Waals surface area contributed by atoms with Crippen molar-refractivity contribution in [3.63, 3.8) is 0 Å². The second-order valence-corrected chi connectivity index (χ2v) is 5.29. The van der Waals surface area contributed by atoms with E-state index >= 15 is 0 Å². The smallest absolute Gasteiger partial charge is 0.217 e. The number of ether oxygens (including phenoxy) is 1. The van der Waals surface area contributed by atoms with Gasteiger partial charge in [-0.3, -0.25) is 4.79 Å². The van der Waals surface area contributed by atoms with E-state index in [1.807, 2.05) is 30.3 Å². The topological polar surface area (TPSA) is 99.0 Å². The third-order valence-electron chi connectivity index (χ3n) is 3.68. The van der Waals surface area contributed by atoms with Crippen LogP contribution in [0.25, 0.3) is 0 Å². The second kappa shape index (κ2) is 7.00. The molecule has 4 N–H and O–H groups in total. The third-order valence-corrected chi connectivity index (χ3v) is 3.68. The minimum Gasteiger partial charge on any atom is -0.394 e. The molecule has 1 fully saturated rings. The van der Waals surface area contributed by atoms with Crippen molar-refractivity contribution in [2.45, 2.75) is 43.8 Å². The standard InChI is InChI=1S/C15H21NO5/c1-9(18)16-13-11(7-10-5-3-2-4-6-10)21-12(8-17)14(19)15(13)20/h2-6,11-15,17,19-20H,7-8H2,1H3,(H,16,18)/t11-,12?,13?,14+,15+/m0/s1. The fraction of sp³-hybridized carbons (Fsp3) is 0.533. The minimum atomic E-state index is -1.24. The summed E-state index contributed by atoms with van der Waals surface area (Å²) < 4.78 is 5.66. The SMILES string of the molecule is CC(=O)NC1[C@H](Cc2ccccc2)OC(CO)[C@@H](O)[C@@H]1O.